The summed E-state index contributed by atoms with van der Waals surface area (Å²) in [5.41, 5.74) is 2.73. The number of nitrogens with one attached hydrogen (secondary N) is 3. The zero-order chi connectivity index (χ0) is 19.1. The Kier molecular flexibility index (Phi) is 6.60. The summed E-state index contributed by atoms with van der Waals surface area (Å²) in [4.78, 5) is 24.8. The average Bonchev–Trinajstić information content (AvgIpc) is 2.71. The lowest BCUT2D eigenvalue weighted by Crippen LogP contribution is -2.33. The topological polar surface area (TPSA) is 70.2 Å². The number of amides is 2. The largest absolute Gasteiger partial charge is 0.352 e. The third-order valence-electron chi connectivity index (χ3n) is 5.02. The van der Waals surface area contributed by atoms with E-state index in [1.54, 1.807) is 24.3 Å². The van der Waals surface area contributed by atoms with Crippen molar-refractivity contribution < 1.29 is 9.59 Å². The van der Waals surface area contributed by atoms with Gasteiger partial charge in [-0.1, -0.05) is 24.3 Å². The summed E-state index contributed by atoms with van der Waals surface area (Å²) >= 11 is 0. The highest BCUT2D eigenvalue weighted by Crippen LogP contribution is 2.18. The predicted octanol–water partition coefficient (Wildman–Crippen LogP) is 3.37. The number of anilines is 1. The maximum atomic E-state index is 12.5. The van der Waals surface area contributed by atoms with Crippen molar-refractivity contribution in [2.75, 3.05) is 25.0 Å². The van der Waals surface area contributed by atoms with Gasteiger partial charge in [-0.15, -0.1) is 0 Å². The molecule has 1 atom stereocenters. The van der Waals surface area contributed by atoms with Crippen molar-refractivity contribution in [1.82, 2.24) is 10.6 Å². The lowest BCUT2D eigenvalue weighted by Gasteiger charge is -2.22. The van der Waals surface area contributed by atoms with Crippen LogP contribution in [0.25, 0.3) is 0 Å². The molecule has 5 nitrogen and oxygen atoms in total. The van der Waals surface area contributed by atoms with Crippen LogP contribution in [0.1, 0.15) is 45.5 Å². The molecule has 2 amide bonds. The molecule has 142 valence electrons. The molecule has 1 saturated heterocycles. The van der Waals surface area contributed by atoms with Crippen molar-refractivity contribution in [3.8, 4) is 0 Å². The monoisotopic (exact) mass is 365 g/mol. The van der Waals surface area contributed by atoms with Gasteiger partial charge >= 0.3 is 0 Å². The van der Waals surface area contributed by atoms with E-state index >= 15 is 0 Å². The molecule has 1 aliphatic rings. The number of rotatable bonds is 6. The van der Waals surface area contributed by atoms with Gasteiger partial charge in [-0.2, -0.15) is 0 Å². The van der Waals surface area contributed by atoms with Crippen molar-refractivity contribution in [1.29, 1.82) is 0 Å². The minimum absolute atomic E-state index is 0.103. The molecule has 2 aromatic rings. The Labute approximate surface area is 160 Å². The molecule has 3 N–H and O–H groups in total. The summed E-state index contributed by atoms with van der Waals surface area (Å²) in [6, 6.07) is 14.5. The molecule has 1 aliphatic heterocycles. The summed E-state index contributed by atoms with van der Waals surface area (Å²) in [6.07, 6.45) is 3.42. The summed E-state index contributed by atoms with van der Waals surface area (Å²) in [6.45, 7) is 4.73. The fourth-order valence-corrected chi connectivity index (χ4v) is 3.34. The smallest absolute Gasteiger partial charge is 0.255 e. The van der Waals surface area contributed by atoms with E-state index in [1.807, 2.05) is 31.2 Å². The van der Waals surface area contributed by atoms with Crippen LogP contribution in [-0.2, 0) is 0 Å². The zero-order valence-corrected chi connectivity index (χ0v) is 15.8. The van der Waals surface area contributed by atoms with E-state index in [9.17, 15) is 9.59 Å². The van der Waals surface area contributed by atoms with Gasteiger partial charge in [-0.25, -0.2) is 0 Å². The van der Waals surface area contributed by atoms with E-state index < -0.39 is 0 Å². The summed E-state index contributed by atoms with van der Waals surface area (Å²) in [5, 5.41) is 9.30. The molecular formula is C22H27N3O2. The molecular weight excluding hydrogens is 338 g/mol. The molecule has 3 rings (SSSR count). The lowest BCUT2D eigenvalue weighted by molar-refractivity contribution is 0.0949. The summed E-state index contributed by atoms with van der Waals surface area (Å²) in [5.74, 6) is 0.354. The van der Waals surface area contributed by atoms with Crippen molar-refractivity contribution in [3.05, 3.63) is 65.2 Å². The molecule has 0 aromatic heterocycles. The Balaban J connectivity index is 1.58. The van der Waals surface area contributed by atoms with Gasteiger partial charge < -0.3 is 16.0 Å². The third kappa shape index (κ3) is 5.41. The van der Waals surface area contributed by atoms with Crippen LogP contribution >= 0.6 is 0 Å². The molecule has 1 fully saturated rings. The number of carbonyl (C=O) groups excluding carboxylic acids is 2. The van der Waals surface area contributed by atoms with Crippen LogP contribution in [0.3, 0.4) is 0 Å². The van der Waals surface area contributed by atoms with E-state index in [4.69, 9.17) is 0 Å². The zero-order valence-electron chi connectivity index (χ0n) is 15.8. The van der Waals surface area contributed by atoms with Crippen molar-refractivity contribution in [2.24, 2.45) is 5.92 Å². The quantitative estimate of drug-likeness (QED) is 0.735. The molecule has 27 heavy (non-hydrogen) atoms. The SMILES string of the molecule is Cc1ccc(C(=O)NCCC2CCCNC2)cc1NC(=O)c1ccccc1. The van der Waals surface area contributed by atoms with Crippen molar-refractivity contribution in [3.63, 3.8) is 0 Å². The molecule has 2 aromatic carbocycles. The fourth-order valence-electron chi connectivity index (χ4n) is 3.34. The Bertz CT molecular complexity index is 783. The Morgan fingerprint density at radius 1 is 1.07 bits per heavy atom. The van der Waals surface area contributed by atoms with E-state index in [2.05, 4.69) is 16.0 Å². The van der Waals surface area contributed by atoms with Gasteiger partial charge in [0.1, 0.15) is 0 Å². The average molecular weight is 365 g/mol. The number of hydrogen-bond donors (Lipinski definition) is 3. The molecule has 1 heterocycles. The first kappa shape index (κ1) is 19.1. The van der Waals surface area contributed by atoms with E-state index in [0.717, 1.165) is 25.1 Å². The standard InChI is InChI=1S/C22H27N3O2/c1-16-9-10-19(21(26)24-13-11-17-6-5-12-23-15-17)14-20(16)25-22(27)18-7-3-2-4-8-18/h2-4,7-10,14,17,23H,5-6,11-13,15H2,1H3,(H,24,26)(H,25,27). The summed E-state index contributed by atoms with van der Waals surface area (Å²) < 4.78 is 0. The first-order chi connectivity index (χ1) is 13.1. The van der Waals surface area contributed by atoms with Gasteiger partial charge in [0.05, 0.1) is 0 Å². The van der Waals surface area contributed by atoms with Crippen LogP contribution < -0.4 is 16.0 Å². The van der Waals surface area contributed by atoms with Crippen LogP contribution in [0.15, 0.2) is 48.5 Å². The molecule has 1 unspecified atom stereocenters. The Morgan fingerprint density at radius 2 is 1.89 bits per heavy atom. The van der Waals surface area contributed by atoms with Gasteiger partial charge in [0, 0.05) is 23.4 Å². The highest BCUT2D eigenvalue weighted by molar-refractivity contribution is 6.05. The minimum Gasteiger partial charge on any atom is -0.352 e. The highest BCUT2D eigenvalue weighted by atomic mass is 16.2. The second-order valence-corrected chi connectivity index (χ2v) is 7.11. The van der Waals surface area contributed by atoms with Gasteiger partial charge in [0.15, 0.2) is 0 Å². The fraction of sp³-hybridized carbons (Fsp3) is 0.364. The van der Waals surface area contributed by atoms with Gasteiger partial charge in [-0.3, -0.25) is 9.59 Å². The first-order valence-corrected chi connectivity index (χ1v) is 9.59. The van der Waals surface area contributed by atoms with Gasteiger partial charge in [0.25, 0.3) is 11.8 Å². The molecule has 0 spiro atoms. The molecule has 0 saturated carbocycles. The molecule has 0 aliphatic carbocycles. The van der Waals surface area contributed by atoms with Gasteiger partial charge in [-0.05, 0) is 75.0 Å². The van der Waals surface area contributed by atoms with Crippen LogP contribution in [0.2, 0.25) is 0 Å². The Morgan fingerprint density at radius 3 is 2.63 bits per heavy atom. The molecule has 5 heteroatoms. The summed E-state index contributed by atoms with van der Waals surface area (Å²) in [7, 11) is 0. The van der Waals surface area contributed by atoms with E-state index in [0.29, 0.717) is 29.3 Å². The maximum absolute atomic E-state index is 12.5. The molecule has 0 radical (unpaired) electrons. The second kappa shape index (κ2) is 9.33. The Hall–Kier alpha value is -2.66. The van der Waals surface area contributed by atoms with Crippen LogP contribution in [0.4, 0.5) is 5.69 Å². The van der Waals surface area contributed by atoms with Crippen LogP contribution in [0.5, 0.6) is 0 Å². The van der Waals surface area contributed by atoms with Crippen LogP contribution in [0, 0.1) is 12.8 Å². The third-order valence-corrected chi connectivity index (χ3v) is 5.02. The van der Waals surface area contributed by atoms with Crippen molar-refractivity contribution in [2.45, 2.75) is 26.2 Å². The normalized spacial score (nSPS) is 16.6. The van der Waals surface area contributed by atoms with E-state index in [-0.39, 0.29) is 11.8 Å². The molecule has 0 bridgehead atoms. The van der Waals surface area contributed by atoms with Crippen LogP contribution in [-0.4, -0.2) is 31.4 Å². The number of hydrogen-bond acceptors (Lipinski definition) is 3. The predicted molar refractivity (Wildman–Crippen MR) is 108 cm³/mol. The second-order valence-electron chi connectivity index (χ2n) is 7.11. The number of benzene rings is 2. The highest BCUT2D eigenvalue weighted by Gasteiger charge is 2.14. The number of carbonyl (C=O) groups is 2. The lowest BCUT2D eigenvalue weighted by atomic mass is 9.96. The minimum atomic E-state index is -0.180. The van der Waals surface area contributed by atoms with E-state index in [1.165, 1.54) is 12.8 Å². The number of aryl methyl sites for hydroxylation is 1. The maximum Gasteiger partial charge on any atom is 0.255 e. The van der Waals surface area contributed by atoms with Crippen molar-refractivity contribution >= 4 is 17.5 Å². The number of piperidine rings is 1. The van der Waals surface area contributed by atoms with Gasteiger partial charge in [0.2, 0.25) is 0 Å². The first-order valence-electron chi connectivity index (χ1n) is 9.59.